The van der Waals surface area contributed by atoms with Crippen molar-refractivity contribution < 1.29 is 14.7 Å². The van der Waals surface area contributed by atoms with E-state index in [1.54, 1.807) is 0 Å². The van der Waals surface area contributed by atoms with Gasteiger partial charge in [-0.05, 0) is 18.2 Å². The molecular formula is C13H9ClN2O4. The number of H-pyrrole nitrogens is 1. The summed E-state index contributed by atoms with van der Waals surface area (Å²) < 4.78 is 0. The molecule has 0 saturated carbocycles. The fraction of sp³-hybridized carbons (Fsp3) is 0. The van der Waals surface area contributed by atoms with Gasteiger partial charge < -0.3 is 15.4 Å². The van der Waals surface area contributed by atoms with Gasteiger partial charge in [-0.1, -0.05) is 11.6 Å². The fourth-order valence-electron chi connectivity index (χ4n) is 1.54. The van der Waals surface area contributed by atoms with Crippen molar-refractivity contribution in [3.05, 3.63) is 63.0 Å². The largest absolute Gasteiger partial charge is 0.478 e. The van der Waals surface area contributed by atoms with E-state index in [2.05, 4.69) is 10.3 Å². The van der Waals surface area contributed by atoms with Crippen LogP contribution in [0.25, 0.3) is 0 Å². The zero-order valence-electron chi connectivity index (χ0n) is 10.0. The van der Waals surface area contributed by atoms with E-state index in [9.17, 15) is 14.4 Å². The van der Waals surface area contributed by atoms with Crippen LogP contribution in [0.2, 0.25) is 5.02 Å². The SMILES string of the molecule is O=C(O)c1ccc(Cl)c(NC(=O)c2c[nH]ccc2=O)c1. The van der Waals surface area contributed by atoms with E-state index >= 15 is 0 Å². The number of aromatic carboxylic acids is 1. The van der Waals surface area contributed by atoms with E-state index in [4.69, 9.17) is 16.7 Å². The van der Waals surface area contributed by atoms with Gasteiger partial charge in [-0.15, -0.1) is 0 Å². The van der Waals surface area contributed by atoms with Crippen LogP contribution in [0.15, 0.2) is 41.5 Å². The maximum atomic E-state index is 11.9. The molecular weight excluding hydrogens is 284 g/mol. The molecule has 3 N–H and O–H groups in total. The van der Waals surface area contributed by atoms with Gasteiger partial charge in [-0.25, -0.2) is 4.79 Å². The number of carbonyl (C=O) groups excluding carboxylic acids is 1. The lowest BCUT2D eigenvalue weighted by Gasteiger charge is -2.07. The third-order valence-corrected chi connectivity index (χ3v) is 2.86. The predicted octanol–water partition coefficient (Wildman–Crippen LogP) is 1.98. The van der Waals surface area contributed by atoms with Crippen LogP contribution in [-0.2, 0) is 0 Å². The Labute approximate surface area is 118 Å². The summed E-state index contributed by atoms with van der Waals surface area (Å²) in [4.78, 5) is 36.9. The highest BCUT2D eigenvalue weighted by Gasteiger charge is 2.13. The summed E-state index contributed by atoms with van der Waals surface area (Å²) in [5.41, 5.74) is -0.442. The third-order valence-electron chi connectivity index (χ3n) is 2.53. The molecule has 102 valence electrons. The number of aromatic nitrogens is 1. The number of carboxylic acids is 1. The zero-order valence-corrected chi connectivity index (χ0v) is 10.8. The Kier molecular flexibility index (Phi) is 3.86. The standard InChI is InChI=1S/C13H9ClN2O4/c14-9-2-1-7(13(19)20)5-10(9)16-12(18)8-6-15-4-3-11(8)17/h1-6H,(H,15,17)(H,16,18)(H,19,20). The van der Waals surface area contributed by atoms with E-state index in [1.807, 2.05) is 0 Å². The van der Waals surface area contributed by atoms with Crippen LogP contribution in [0.4, 0.5) is 5.69 Å². The van der Waals surface area contributed by atoms with Gasteiger partial charge in [0, 0.05) is 18.5 Å². The van der Waals surface area contributed by atoms with Crippen molar-refractivity contribution in [1.82, 2.24) is 4.98 Å². The first-order valence-corrected chi connectivity index (χ1v) is 5.88. The molecule has 0 fully saturated rings. The van der Waals surface area contributed by atoms with Crippen molar-refractivity contribution >= 4 is 29.2 Å². The van der Waals surface area contributed by atoms with Gasteiger partial charge in [-0.2, -0.15) is 0 Å². The number of carbonyl (C=O) groups is 2. The van der Waals surface area contributed by atoms with E-state index in [0.29, 0.717) is 0 Å². The smallest absolute Gasteiger partial charge is 0.335 e. The first kappa shape index (κ1) is 13.8. The number of benzene rings is 1. The Balaban J connectivity index is 2.33. The highest BCUT2D eigenvalue weighted by molar-refractivity contribution is 6.34. The van der Waals surface area contributed by atoms with Crippen molar-refractivity contribution in [2.75, 3.05) is 5.32 Å². The van der Waals surface area contributed by atoms with E-state index in [-0.39, 0.29) is 21.8 Å². The molecule has 0 spiro atoms. The first-order valence-electron chi connectivity index (χ1n) is 5.50. The summed E-state index contributed by atoms with van der Waals surface area (Å²) in [6.45, 7) is 0. The van der Waals surface area contributed by atoms with Gasteiger partial charge in [0.25, 0.3) is 5.91 Å². The predicted molar refractivity (Wildman–Crippen MR) is 73.4 cm³/mol. The molecule has 0 radical (unpaired) electrons. The number of hydrogen-bond donors (Lipinski definition) is 3. The molecule has 0 aliphatic carbocycles. The highest BCUT2D eigenvalue weighted by Crippen LogP contribution is 2.23. The number of aromatic amines is 1. The van der Waals surface area contributed by atoms with Crippen LogP contribution in [0.1, 0.15) is 20.7 Å². The lowest BCUT2D eigenvalue weighted by Crippen LogP contribution is -2.21. The second-order valence-corrected chi connectivity index (χ2v) is 4.28. The number of pyridine rings is 1. The topological polar surface area (TPSA) is 99.3 Å². The summed E-state index contributed by atoms with van der Waals surface area (Å²) in [6, 6.07) is 5.11. The maximum Gasteiger partial charge on any atom is 0.335 e. The molecule has 6 nitrogen and oxygen atoms in total. The quantitative estimate of drug-likeness (QED) is 0.805. The van der Waals surface area contributed by atoms with Crippen molar-refractivity contribution in [3.8, 4) is 0 Å². The van der Waals surface area contributed by atoms with Crippen LogP contribution in [0.3, 0.4) is 0 Å². The number of rotatable bonds is 3. The van der Waals surface area contributed by atoms with Gasteiger partial charge >= 0.3 is 5.97 Å². The Morgan fingerprint density at radius 1 is 1.25 bits per heavy atom. The summed E-state index contributed by atoms with van der Waals surface area (Å²) in [5, 5.41) is 11.5. The molecule has 2 aromatic rings. The highest BCUT2D eigenvalue weighted by atomic mass is 35.5. The van der Waals surface area contributed by atoms with Gasteiger partial charge in [0.1, 0.15) is 5.56 Å². The number of anilines is 1. The normalized spacial score (nSPS) is 10.1. The van der Waals surface area contributed by atoms with Crippen LogP contribution in [0.5, 0.6) is 0 Å². The molecule has 1 aromatic heterocycles. The van der Waals surface area contributed by atoms with E-state index in [0.717, 1.165) is 0 Å². The lowest BCUT2D eigenvalue weighted by atomic mass is 10.2. The van der Waals surface area contributed by atoms with E-state index < -0.39 is 17.3 Å². The number of hydrogen-bond acceptors (Lipinski definition) is 3. The molecule has 0 aliphatic rings. The second-order valence-electron chi connectivity index (χ2n) is 3.88. The van der Waals surface area contributed by atoms with Crippen LogP contribution in [-0.4, -0.2) is 22.0 Å². The van der Waals surface area contributed by atoms with Crippen molar-refractivity contribution in [2.45, 2.75) is 0 Å². The summed E-state index contributed by atoms with van der Waals surface area (Å²) in [6.07, 6.45) is 2.66. The monoisotopic (exact) mass is 292 g/mol. The molecule has 1 amide bonds. The number of amides is 1. The third kappa shape index (κ3) is 2.86. The minimum atomic E-state index is -1.14. The fourth-order valence-corrected chi connectivity index (χ4v) is 1.70. The Morgan fingerprint density at radius 2 is 2.00 bits per heavy atom. The average molecular weight is 293 g/mol. The minimum Gasteiger partial charge on any atom is -0.478 e. The van der Waals surface area contributed by atoms with Crippen molar-refractivity contribution in [3.63, 3.8) is 0 Å². The molecule has 0 saturated heterocycles. The van der Waals surface area contributed by atoms with Gasteiger partial charge in [0.15, 0.2) is 5.43 Å². The Bertz CT molecular complexity index is 739. The average Bonchev–Trinajstić information content (AvgIpc) is 2.41. The molecule has 7 heteroatoms. The van der Waals surface area contributed by atoms with Crippen LogP contribution < -0.4 is 10.7 Å². The number of nitrogens with one attached hydrogen (secondary N) is 2. The summed E-state index contributed by atoms with van der Waals surface area (Å²) in [5.74, 6) is -1.81. The van der Waals surface area contributed by atoms with Crippen LogP contribution >= 0.6 is 11.6 Å². The molecule has 1 aromatic carbocycles. The zero-order chi connectivity index (χ0) is 14.7. The first-order chi connectivity index (χ1) is 9.49. The minimum absolute atomic E-state index is 0.0216. The van der Waals surface area contributed by atoms with Crippen molar-refractivity contribution in [2.24, 2.45) is 0 Å². The molecule has 0 aliphatic heterocycles. The molecule has 0 unspecified atom stereocenters. The molecule has 2 rings (SSSR count). The van der Waals surface area contributed by atoms with E-state index in [1.165, 1.54) is 36.7 Å². The van der Waals surface area contributed by atoms with Crippen LogP contribution in [0, 0.1) is 0 Å². The Morgan fingerprint density at radius 3 is 2.65 bits per heavy atom. The summed E-state index contributed by atoms with van der Waals surface area (Å²) in [7, 11) is 0. The van der Waals surface area contributed by atoms with Gasteiger partial charge in [0.2, 0.25) is 0 Å². The molecule has 1 heterocycles. The molecule has 0 bridgehead atoms. The van der Waals surface area contributed by atoms with Gasteiger partial charge in [-0.3, -0.25) is 9.59 Å². The molecule has 20 heavy (non-hydrogen) atoms. The molecule has 0 atom stereocenters. The van der Waals surface area contributed by atoms with Crippen molar-refractivity contribution in [1.29, 1.82) is 0 Å². The maximum absolute atomic E-state index is 11.9. The number of carboxylic acid groups (broad SMARTS) is 1. The summed E-state index contributed by atoms with van der Waals surface area (Å²) >= 11 is 5.88. The second kappa shape index (κ2) is 5.58. The Hall–Kier alpha value is -2.60. The van der Waals surface area contributed by atoms with Gasteiger partial charge in [0.05, 0.1) is 16.3 Å². The number of halogens is 1. The lowest BCUT2D eigenvalue weighted by molar-refractivity contribution is 0.0696.